The molecule has 3 aliphatic rings. The molecule has 10 heteroatoms. The standard InChI is InChI=1S/C23H35F3N6O/c1-16-14-31(21-13-29-20(12-30-21)23(24,25)26)15-19(18-4-2-3-5-18)32(16)22(33)28-11-8-17-6-9-27-10-7-17/h12-13,16-19,27H,2-11,14-15H2,1H3,(H,28,33)/t16-,19+/m1/s1. The van der Waals surface area contributed by atoms with Crippen LogP contribution in [0.2, 0.25) is 0 Å². The second kappa shape index (κ2) is 10.4. The molecule has 33 heavy (non-hydrogen) atoms. The maximum atomic E-state index is 13.2. The molecule has 2 atom stereocenters. The Morgan fingerprint density at radius 1 is 1.12 bits per heavy atom. The number of rotatable bonds is 5. The Morgan fingerprint density at radius 3 is 2.48 bits per heavy atom. The van der Waals surface area contributed by atoms with Crippen LogP contribution in [-0.4, -0.2) is 65.7 Å². The van der Waals surface area contributed by atoms with Gasteiger partial charge in [-0.2, -0.15) is 13.2 Å². The fourth-order valence-electron chi connectivity index (χ4n) is 5.65. The van der Waals surface area contributed by atoms with E-state index in [1.807, 2.05) is 16.7 Å². The predicted octanol–water partition coefficient (Wildman–Crippen LogP) is 3.66. The van der Waals surface area contributed by atoms with Crippen LogP contribution in [-0.2, 0) is 6.18 Å². The predicted molar refractivity (Wildman–Crippen MR) is 120 cm³/mol. The number of aromatic nitrogens is 2. The van der Waals surface area contributed by atoms with Crippen LogP contribution >= 0.6 is 0 Å². The second-order valence-corrected chi connectivity index (χ2v) is 9.74. The number of hydrogen-bond acceptors (Lipinski definition) is 5. The summed E-state index contributed by atoms with van der Waals surface area (Å²) in [4.78, 5) is 24.9. The Morgan fingerprint density at radius 2 is 1.85 bits per heavy atom. The summed E-state index contributed by atoms with van der Waals surface area (Å²) < 4.78 is 38.6. The molecule has 184 valence electrons. The van der Waals surface area contributed by atoms with Crippen molar-refractivity contribution in [3.05, 3.63) is 18.1 Å². The molecule has 0 bridgehead atoms. The van der Waals surface area contributed by atoms with Crippen molar-refractivity contribution in [3.8, 4) is 0 Å². The van der Waals surface area contributed by atoms with E-state index in [9.17, 15) is 18.0 Å². The SMILES string of the molecule is C[C@@H]1CN(c2cnc(C(F)(F)F)cn2)C[C@@H](C2CCCC2)N1C(=O)NCCC1CCNCC1. The molecule has 0 aromatic carbocycles. The van der Waals surface area contributed by atoms with Gasteiger partial charge in [-0.05, 0) is 64.0 Å². The van der Waals surface area contributed by atoms with Gasteiger partial charge >= 0.3 is 12.2 Å². The van der Waals surface area contributed by atoms with Gasteiger partial charge in [0.25, 0.3) is 0 Å². The van der Waals surface area contributed by atoms with Crippen molar-refractivity contribution in [3.63, 3.8) is 0 Å². The first-order valence-electron chi connectivity index (χ1n) is 12.2. The first-order chi connectivity index (χ1) is 15.8. The summed E-state index contributed by atoms with van der Waals surface area (Å²) >= 11 is 0. The highest BCUT2D eigenvalue weighted by atomic mass is 19.4. The quantitative estimate of drug-likeness (QED) is 0.690. The second-order valence-electron chi connectivity index (χ2n) is 9.74. The molecule has 0 unspecified atom stereocenters. The molecule has 1 aliphatic carbocycles. The van der Waals surface area contributed by atoms with Crippen LogP contribution in [0.25, 0.3) is 0 Å². The van der Waals surface area contributed by atoms with Crippen LogP contribution in [0.4, 0.5) is 23.8 Å². The van der Waals surface area contributed by atoms with Gasteiger partial charge in [0, 0.05) is 25.7 Å². The minimum Gasteiger partial charge on any atom is -0.351 e. The van der Waals surface area contributed by atoms with Crippen molar-refractivity contribution in [2.75, 3.05) is 37.6 Å². The lowest BCUT2D eigenvalue weighted by Crippen LogP contribution is -2.63. The molecule has 3 heterocycles. The van der Waals surface area contributed by atoms with Gasteiger partial charge in [0.15, 0.2) is 5.69 Å². The third kappa shape index (κ3) is 5.88. The molecule has 7 nitrogen and oxygen atoms in total. The van der Waals surface area contributed by atoms with Crippen molar-refractivity contribution in [2.24, 2.45) is 11.8 Å². The monoisotopic (exact) mass is 468 g/mol. The zero-order chi connectivity index (χ0) is 23.4. The normalized spacial score (nSPS) is 25.5. The number of piperazine rings is 1. The molecular formula is C23H35F3N6O. The summed E-state index contributed by atoms with van der Waals surface area (Å²) in [6.07, 6.45) is 5.26. The molecule has 3 fully saturated rings. The Hall–Kier alpha value is -2.10. The molecule has 2 saturated heterocycles. The number of nitrogens with one attached hydrogen (secondary N) is 2. The number of nitrogens with zero attached hydrogens (tertiary/aromatic N) is 4. The summed E-state index contributed by atoms with van der Waals surface area (Å²) in [7, 11) is 0. The highest BCUT2D eigenvalue weighted by Crippen LogP contribution is 2.35. The lowest BCUT2D eigenvalue weighted by molar-refractivity contribution is -0.141. The van der Waals surface area contributed by atoms with Gasteiger partial charge in [0.05, 0.1) is 18.4 Å². The highest BCUT2D eigenvalue weighted by Gasteiger charge is 2.41. The Bertz CT molecular complexity index is 777. The Labute approximate surface area is 193 Å². The summed E-state index contributed by atoms with van der Waals surface area (Å²) in [5.41, 5.74) is -0.988. The molecular weight excluding hydrogens is 433 g/mol. The van der Waals surface area contributed by atoms with Crippen LogP contribution < -0.4 is 15.5 Å². The smallest absolute Gasteiger partial charge is 0.351 e. The van der Waals surface area contributed by atoms with Crippen LogP contribution in [0.3, 0.4) is 0 Å². The number of carbonyl (C=O) groups excluding carboxylic acids is 1. The molecule has 2 N–H and O–H groups in total. The number of hydrogen-bond donors (Lipinski definition) is 2. The van der Waals surface area contributed by atoms with Crippen molar-refractivity contribution in [1.29, 1.82) is 0 Å². The fraction of sp³-hybridized carbons (Fsp3) is 0.783. The van der Waals surface area contributed by atoms with Gasteiger partial charge in [-0.1, -0.05) is 12.8 Å². The zero-order valence-corrected chi connectivity index (χ0v) is 19.3. The van der Waals surface area contributed by atoms with E-state index in [-0.39, 0.29) is 18.1 Å². The van der Waals surface area contributed by atoms with E-state index >= 15 is 0 Å². The molecule has 1 aromatic rings. The molecule has 2 amide bonds. The molecule has 2 aliphatic heterocycles. The van der Waals surface area contributed by atoms with Gasteiger partial charge in [-0.3, -0.25) is 0 Å². The third-order valence-electron chi connectivity index (χ3n) is 7.44. The molecule has 0 radical (unpaired) electrons. The number of piperidine rings is 1. The van der Waals surface area contributed by atoms with E-state index in [2.05, 4.69) is 20.6 Å². The molecule has 0 spiro atoms. The summed E-state index contributed by atoms with van der Waals surface area (Å²) in [5, 5.41) is 6.53. The largest absolute Gasteiger partial charge is 0.434 e. The lowest BCUT2D eigenvalue weighted by Gasteiger charge is -2.48. The topological polar surface area (TPSA) is 73.4 Å². The number of amides is 2. The average molecular weight is 469 g/mol. The summed E-state index contributed by atoms with van der Waals surface area (Å²) in [6.45, 7) is 5.88. The van der Waals surface area contributed by atoms with E-state index in [4.69, 9.17) is 0 Å². The van der Waals surface area contributed by atoms with Gasteiger partial charge in [0.2, 0.25) is 0 Å². The number of carbonyl (C=O) groups is 1. The maximum absolute atomic E-state index is 13.2. The Kier molecular flexibility index (Phi) is 7.61. The lowest BCUT2D eigenvalue weighted by atomic mass is 9.92. The maximum Gasteiger partial charge on any atom is 0.434 e. The van der Waals surface area contributed by atoms with Crippen LogP contribution in [0.1, 0.15) is 57.6 Å². The van der Waals surface area contributed by atoms with E-state index in [1.54, 1.807) is 0 Å². The summed E-state index contributed by atoms with van der Waals surface area (Å²) in [6, 6.07) is -0.0852. The minimum absolute atomic E-state index is 0.0132. The van der Waals surface area contributed by atoms with E-state index in [1.165, 1.54) is 6.20 Å². The molecule has 1 aromatic heterocycles. The minimum atomic E-state index is -4.50. The third-order valence-corrected chi connectivity index (χ3v) is 7.44. The highest BCUT2D eigenvalue weighted by molar-refractivity contribution is 5.75. The number of alkyl halides is 3. The van der Waals surface area contributed by atoms with E-state index in [0.717, 1.165) is 64.2 Å². The fourth-order valence-corrected chi connectivity index (χ4v) is 5.65. The van der Waals surface area contributed by atoms with Gasteiger partial charge in [-0.25, -0.2) is 14.8 Å². The molecule has 1 saturated carbocycles. The van der Waals surface area contributed by atoms with E-state index < -0.39 is 11.9 Å². The first kappa shape index (κ1) is 24.0. The number of halogens is 3. The van der Waals surface area contributed by atoms with Gasteiger partial charge in [-0.15, -0.1) is 0 Å². The molecule has 4 rings (SSSR count). The Balaban J connectivity index is 1.42. The van der Waals surface area contributed by atoms with Crippen molar-refractivity contribution in [2.45, 2.75) is 70.1 Å². The van der Waals surface area contributed by atoms with Crippen molar-refractivity contribution >= 4 is 11.8 Å². The first-order valence-corrected chi connectivity index (χ1v) is 12.2. The van der Waals surface area contributed by atoms with Crippen LogP contribution in [0.5, 0.6) is 0 Å². The van der Waals surface area contributed by atoms with Crippen LogP contribution in [0.15, 0.2) is 12.4 Å². The van der Waals surface area contributed by atoms with Crippen molar-refractivity contribution < 1.29 is 18.0 Å². The van der Waals surface area contributed by atoms with Gasteiger partial charge in [0.1, 0.15) is 5.82 Å². The van der Waals surface area contributed by atoms with Crippen LogP contribution in [0, 0.1) is 11.8 Å². The number of anilines is 1. The zero-order valence-electron chi connectivity index (χ0n) is 19.3. The van der Waals surface area contributed by atoms with Crippen molar-refractivity contribution in [1.82, 2.24) is 25.5 Å². The van der Waals surface area contributed by atoms with E-state index in [0.29, 0.717) is 37.3 Å². The van der Waals surface area contributed by atoms with Gasteiger partial charge < -0.3 is 20.4 Å². The summed E-state index contributed by atoms with van der Waals surface area (Å²) in [5.74, 6) is 1.49. The average Bonchev–Trinajstić information content (AvgIpc) is 3.33. The number of urea groups is 1.